The molecule has 0 radical (unpaired) electrons. The van der Waals surface area contributed by atoms with Crippen molar-refractivity contribution in [2.24, 2.45) is 0 Å². The van der Waals surface area contributed by atoms with Crippen LogP contribution in [0.25, 0.3) is 4.96 Å². The minimum absolute atomic E-state index is 0.0560. The second-order valence-corrected chi connectivity index (χ2v) is 5.81. The Bertz CT molecular complexity index is 800. The van der Waals surface area contributed by atoms with Gasteiger partial charge in [-0.2, -0.15) is 0 Å². The largest absolute Gasteiger partial charge is 0.395 e. The molecule has 0 fully saturated rings. The molecule has 114 valence electrons. The second-order valence-electron chi connectivity index (χ2n) is 4.94. The summed E-state index contributed by atoms with van der Waals surface area (Å²) in [7, 11) is 0. The fourth-order valence-corrected chi connectivity index (χ4v) is 3.04. The van der Waals surface area contributed by atoms with Gasteiger partial charge >= 0.3 is 0 Å². The highest BCUT2D eigenvalue weighted by molar-refractivity contribution is 7.15. The van der Waals surface area contributed by atoms with Gasteiger partial charge in [0.25, 0.3) is 5.56 Å². The molecule has 3 rings (SSSR count). The summed E-state index contributed by atoms with van der Waals surface area (Å²) in [5, 5.41) is 11.1. The van der Waals surface area contributed by atoms with Gasteiger partial charge in [0.15, 0.2) is 4.96 Å². The predicted molar refractivity (Wildman–Crippen MR) is 84.8 cm³/mol. The van der Waals surface area contributed by atoms with E-state index < -0.39 is 0 Å². The van der Waals surface area contributed by atoms with Crippen molar-refractivity contribution in [3.8, 4) is 0 Å². The minimum atomic E-state index is -0.0772. The number of aromatic nitrogens is 3. The summed E-state index contributed by atoms with van der Waals surface area (Å²) in [5.41, 5.74) is 1.70. The predicted octanol–water partition coefficient (Wildman–Crippen LogP) is 1.15. The lowest BCUT2D eigenvalue weighted by Crippen LogP contribution is -2.27. The summed E-state index contributed by atoms with van der Waals surface area (Å²) in [6.07, 6.45) is 5.25. The molecule has 0 bridgehead atoms. The molecule has 0 aliphatic heterocycles. The summed E-state index contributed by atoms with van der Waals surface area (Å²) in [4.78, 5) is 23.3. The van der Waals surface area contributed by atoms with Crippen LogP contribution in [0.5, 0.6) is 0 Å². The smallest absolute Gasteiger partial charge is 0.258 e. The van der Waals surface area contributed by atoms with Crippen LogP contribution >= 0.6 is 11.3 Å². The van der Waals surface area contributed by atoms with Crippen LogP contribution in [0.15, 0.2) is 47.0 Å². The van der Waals surface area contributed by atoms with E-state index in [2.05, 4.69) is 9.97 Å². The van der Waals surface area contributed by atoms with Crippen LogP contribution in [-0.4, -0.2) is 37.5 Å². The number of aliphatic hydroxyl groups is 1. The van der Waals surface area contributed by atoms with Crippen LogP contribution in [0, 0.1) is 0 Å². The molecule has 0 aliphatic carbocycles. The third-order valence-corrected chi connectivity index (χ3v) is 4.04. The highest BCUT2D eigenvalue weighted by atomic mass is 32.1. The highest BCUT2D eigenvalue weighted by Gasteiger charge is 2.10. The third-order valence-electron chi connectivity index (χ3n) is 3.29. The standard InChI is InChI=1S/C15H16N4O2S/c20-6-4-18(10-12-2-1-3-16-9-12)11-13-8-14(21)19-5-7-22-15(19)17-13/h1-3,5,7-9,20H,4,6,10-11H2. The van der Waals surface area contributed by atoms with Crippen LogP contribution in [0.4, 0.5) is 0 Å². The zero-order valence-corrected chi connectivity index (χ0v) is 12.7. The van der Waals surface area contributed by atoms with Crippen molar-refractivity contribution in [1.82, 2.24) is 19.3 Å². The van der Waals surface area contributed by atoms with Gasteiger partial charge in [0.1, 0.15) is 0 Å². The molecular formula is C15H16N4O2S. The zero-order chi connectivity index (χ0) is 15.4. The fourth-order valence-electron chi connectivity index (χ4n) is 2.30. The number of aliphatic hydroxyl groups excluding tert-OH is 1. The molecule has 6 nitrogen and oxygen atoms in total. The molecule has 22 heavy (non-hydrogen) atoms. The first-order chi connectivity index (χ1) is 10.8. The lowest BCUT2D eigenvalue weighted by atomic mass is 10.2. The molecule has 3 heterocycles. The number of hydrogen-bond donors (Lipinski definition) is 1. The second kappa shape index (κ2) is 6.78. The van der Waals surface area contributed by atoms with Gasteiger partial charge in [0, 0.05) is 49.7 Å². The van der Waals surface area contributed by atoms with E-state index in [4.69, 9.17) is 0 Å². The average Bonchev–Trinajstić information content (AvgIpc) is 2.97. The average molecular weight is 316 g/mol. The first-order valence-corrected chi connectivity index (χ1v) is 7.82. The lowest BCUT2D eigenvalue weighted by Gasteiger charge is -2.20. The monoisotopic (exact) mass is 316 g/mol. The SMILES string of the molecule is O=c1cc(CN(CCO)Cc2cccnc2)nc2sccn12. The molecule has 0 aliphatic rings. The molecule has 0 amide bonds. The van der Waals surface area contributed by atoms with Crippen molar-refractivity contribution in [2.75, 3.05) is 13.2 Å². The quantitative estimate of drug-likeness (QED) is 0.738. The van der Waals surface area contributed by atoms with Gasteiger partial charge in [0.2, 0.25) is 0 Å². The Morgan fingerprint density at radius 3 is 3.05 bits per heavy atom. The van der Waals surface area contributed by atoms with Crippen LogP contribution in [0.3, 0.4) is 0 Å². The maximum atomic E-state index is 12.0. The number of nitrogens with zero attached hydrogens (tertiary/aromatic N) is 4. The molecule has 3 aromatic rings. The first-order valence-electron chi connectivity index (χ1n) is 6.94. The van der Waals surface area contributed by atoms with Gasteiger partial charge in [-0.3, -0.25) is 19.1 Å². The highest BCUT2D eigenvalue weighted by Crippen LogP contribution is 2.10. The van der Waals surface area contributed by atoms with E-state index in [1.165, 1.54) is 15.7 Å². The molecule has 0 saturated carbocycles. The van der Waals surface area contributed by atoms with E-state index in [-0.39, 0.29) is 12.2 Å². The molecule has 0 atom stereocenters. The van der Waals surface area contributed by atoms with Gasteiger partial charge in [0.05, 0.1) is 12.3 Å². The summed E-state index contributed by atoms with van der Waals surface area (Å²) >= 11 is 1.43. The van der Waals surface area contributed by atoms with E-state index in [1.807, 2.05) is 22.4 Å². The van der Waals surface area contributed by atoms with E-state index >= 15 is 0 Å². The van der Waals surface area contributed by atoms with Gasteiger partial charge in [-0.15, -0.1) is 11.3 Å². The van der Waals surface area contributed by atoms with E-state index in [9.17, 15) is 9.90 Å². The number of rotatable bonds is 6. The van der Waals surface area contributed by atoms with Crippen molar-refractivity contribution in [1.29, 1.82) is 0 Å². The molecule has 7 heteroatoms. The molecule has 3 aromatic heterocycles. The van der Waals surface area contributed by atoms with Crippen LogP contribution < -0.4 is 5.56 Å². The Balaban J connectivity index is 1.81. The lowest BCUT2D eigenvalue weighted by molar-refractivity contribution is 0.183. The Morgan fingerprint density at radius 1 is 1.36 bits per heavy atom. The van der Waals surface area contributed by atoms with Crippen molar-refractivity contribution >= 4 is 16.3 Å². The van der Waals surface area contributed by atoms with Gasteiger partial charge in [-0.1, -0.05) is 6.07 Å². The Hall–Kier alpha value is -2.09. The molecule has 0 saturated heterocycles. The Kier molecular flexibility index (Phi) is 4.57. The minimum Gasteiger partial charge on any atom is -0.395 e. The summed E-state index contributed by atoms with van der Waals surface area (Å²) < 4.78 is 1.53. The van der Waals surface area contributed by atoms with Crippen molar-refractivity contribution < 1.29 is 5.11 Å². The first kappa shape index (κ1) is 14.8. The topological polar surface area (TPSA) is 70.7 Å². The summed E-state index contributed by atoms with van der Waals surface area (Å²) in [5.74, 6) is 0. The van der Waals surface area contributed by atoms with Gasteiger partial charge in [-0.25, -0.2) is 4.98 Å². The molecule has 0 spiro atoms. The van der Waals surface area contributed by atoms with Gasteiger partial charge < -0.3 is 5.11 Å². The number of pyridine rings is 1. The van der Waals surface area contributed by atoms with Crippen LogP contribution in [-0.2, 0) is 13.1 Å². The molecule has 0 unspecified atom stereocenters. The molecule has 0 aromatic carbocycles. The number of fused-ring (bicyclic) bond motifs is 1. The van der Waals surface area contributed by atoms with Crippen molar-refractivity contribution in [3.63, 3.8) is 0 Å². The Morgan fingerprint density at radius 2 is 2.27 bits per heavy atom. The van der Waals surface area contributed by atoms with Crippen LogP contribution in [0.2, 0.25) is 0 Å². The van der Waals surface area contributed by atoms with Crippen LogP contribution in [0.1, 0.15) is 11.3 Å². The van der Waals surface area contributed by atoms with E-state index in [0.717, 1.165) is 5.56 Å². The summed E-state index contributed by atoms with van der Waals surface area (Å²) in [6.45, 7) is 1.74. The fraction of sp³-hybridized carbons (Fsp3) is 0.267. The van der Waals surface area contributed by atoms with Crippen molar-refractivity contribution in [2.45, 2.75) is 13.1 Å². The normalized spacial score (nSPS) is 11.4. The maximum absolute atomic E-state index is 12.0. The molecule has 1 N–H and O–H groups in total. The number of hydrogen-bond acceptors (Lipinski definition) is 6. The Labute approximate surface area is 131 Å². The molecular weight excluding hydrogens is 300 g/mol. The zero-order valence-electron chi connectivity index (χ0n) is 11.9. The number of thiazole rings is 1. The van der Waals surface area contributed by atoms with Crippen molar-refractivity contribution in [3.05, 3.63) is 63.8 Å². The third kappa shape index (κ3) is 3.38. The van der Waals surface area contributed by atoms with E-state index in [1.54, 1.807) is 24.7 Å². The maximum Gasteiger partial charge on any atom is 0.258 e. The summed E-state index contributed by atoms with van der Waals surface area (Å²) in [6, 6.07) is 5.42. The van der Waals surface area contributed by atoms with E-state index in [0.29, 0.717) is 30.3 Å². The van der Waals surface area contributed by atoms with Gasteiger partial charge in [-0.05, 0) is 11.6 Å².